The number of halogens is 1. The van der Waals surface area contributed by atoms with E-state index in [0.29, 0.717) is 6.07 Å². The van der Waals surface area contributed by atoms with Crippen LogP contribution in [0.15, 0.2) is 107 Å². The fraction of sp³-hybridized carbons (Fsp3) is 0.133. The Labute approximate surface area is 377 Å². The molecule has 0 aliphatic heterocycles. The summed E-state index contributed by atoms with van der Waals surface area (Å²) in [6, 6.07) is 10.6. The van der Waals surface area contributed by atoms with Crippen molar-refractivity contribution in [3.8, 4) is 0 Å². The third kappa shape index (κ3) is 14.8. The number of pyridine rings is 1. The predicted molar refractivity (Wildman–Crippen MR) is 226 cm³/mol. The van der Waals surface area contributed by atoms with Crippen LogP contribution in [0.1, 0.15) is 0 Å². The molecule has 5 aromatic rings. The molecule has 30 nitrogen and oxygen atoms in total. The van der Waals surface area contributed by atoms with Crippen molar-refractivity contribution in [1.29, 1.82) is 0 Å². The van der Waals surface area contributed by atoms with E-state index in [0.717, 1.165) is 48.5 Å². The second-order valence-corrected chi connectivity index (χ2v) is 21.8. The molecule has 67 heavy (non-hydrogen) atoms. The van der Waals surface area contributed by atoms with Gasteiger partial charge in [-0.2, -0.15) is 53.0 Å². The van der Waals surface area contributed by atoms with Gasteiger partial charge >= 0.3 is 26.9 Å². The van der Waals surface area contributed by atoms with Crippen LogP contribution in [0.5, 0.6) is 0 Å². The molecule has 37 heteroatoms. The smallest absolute Gasteiger partial charge is 0.382 e. The Morgan fingerprint density at radius 1 is 0.507 bits per heavy atom. The van der Waals surface area contributed by atoms with Crippen molar-refractivity contribution in [1.82, 2.24) is 19.9 Å². The molecule has 2 heterocycles. The van der Waals surface area contributed by atoms with Gasteiger partial charge in [-0.1, -0.05) is 0 Å². The Bertz CT molecular complexity index is 3500. The molecule has 0 aliphatic rings. The van der Waals surface area contributed by atoms with Gasteiger partial charge in [-0.25, -0.2) is 30.2 Å². The van der Waals surface area contributed by atoms with Gasteiger partial charge < -0.3 is 22.1 Å². The summed E-state index contributed by atoms with van der Waals surface area (Å²) < 4.78 is 202. The van der Waals surface area contributed by atoms with Crippen LogP contribution < -0.4 is 22.1 Å². The van der Waals surface area contributed by atoms with E-state index in [1.807, 2.05) is 0 Å². The van der Waals surface area contributed by atoms with E-state index in [1.54, 1.807) is 0 Å². The molecule has 0 amide bonds. The number of nitrogens with one attached hydrogen (secondary N) is 2. The lowest BCUT2D eigenvalue weighted by atomic mass is 10.3. The fourth-order valence-electron chi connectivity index (χ4n) is 4.97. The van der Waals surface area contributed by atoms with E-state index in [-0.39, 0.29) is 16.3 Å². The van der Waals surface area contributed by atoms with E-state index in [9.17, 15) is 64.0 Å². The first-order valence-corrected chi connectivity index (χ1v) is 26.2. The Hall–Kier alpha value is -6.39. The number of sulfone groups is 2. The number of nitrogens with two attached hydrogens (primary N) is 2. The third-order valence-electron chi connectivity index (χ3n) is 7.88. The molecule has 5 rings (SSSR count). The molecule has 0 fully saturated rings. The highest BCUT2D eigenvalue weighted by molar-refractivity contribution is 7.92. The third-order valence-corrected chi connectivity index (χ3v) is 14.0. The number of azo groups is 2. The summed E-state index contributed by atoms with van der Waals surface area (Å²) in [6.45, 7) is -1.92. The molecule has 0 saturated heterocycles. The van der Waals surface area contributed by atoms with Gasteiger partial charge in [0, 0.05) is 17.4 Å². The quantitative estimate of drug-likeness (QED) is 0.0410. The van der Waals surface area contributed by atoms with Crippen LogP contribution in [0, 0.1) is 6.08 Å². The van der Waals surface area contributed by atoms with Gasteiger partial charge in [-0.15, -0.1) is 20.5 Å². The topological polar surface area (TPSA) is 481 Å². The van der Waals surface area contributed by atoms with Gasteiger partial charge in [0.1, 0.15) is 32.5 Å². The highest BCUT2D eigenvalue weighted by Crippen LogP contribution is 2.36. The Morgan fingerprint density at radius 2 is 0.955 bits per heavy atom. The normalized spacial score (nSPS) is 13.0. The molecule has 0 bridgehead atoms. The number of hydrogen-bond acceptors (Lipinski definition) is 26. The van der Waals surface area contributed by atoms with E-state index in [4.69, 9.17) is 20.6 Å². The molecule has 0 radical (unpaired) electrons. The Morgan fingerprint density at radius 3 is 1.46 bits per heavy atom. The molecule has 0 spiro atoms. The maximum absolute atomic E-state index is 14.5. The van der Waals surface area contributed by atoms with Gasteiger partial charge in [0.05, 0.1) is 34.5 Å². The first kappa shape index (κ1) is 51.6. The van der Waals surface area contributed by atoms with Gasteiger partial charge in [-0.05, 0) is 60.7 Å². The summed E-state index contributed by atoms with van der Waals surface area (Å²) in [7, 11) is -28.7. The number of rotatable bonds is 20. The number of anilines is 6. The molecule has 0 aliphatic carbocycles. The van der Waals surface area contributed by atoms with Crippen LogP contribution in [-0.2, 0) is 69.1 Å². The summed E-state index contributed by atoms with van der Waals surface area (Å²) >= 11 is 0. The van der Waals surface area contributed by atoms with Gasteiger partial charge in [0.2, 0.25) is 11.9 Å². The lowest BCUT2D eigenvalue weighted by molar-refractivity contribution is 0.282. The van der Waals surface area contributed by atoms with Crippen molar-refractivity contribution in [2.24, 2.45) is 20.5 Å². The number of hydrogen-bond donors (Lipinski definition) is 8. The van der Waals surface area contributed by atoms with Crippen LogP contribution in [0.25, 0.3) is 0 Å². The van der Waals surface area contributed by atoms with Crippen molar-refractivity contribution >= 4 is 118 Å². The summed E-state index contributed by atoms with van der Waals surface area (Å²) in [6.07, 6.45) is -1.34. The highest BCUT2D eigenvalue weighted by Gasteiger charge is 2.24. The average molecular weight is 1060 g/mol. The Kier molecular flexibility index (Phi) is 15.3. The molecular weight excluding hydrogens is 1030 g/mol. The molecular formula is C30H29FN12O18S6. The minimum atomic E-state index is -5.23. The van der Waals surface area contributed by atoms with E-state index < -0.39 is 152 Å². The summed E-state index contributed by atoms with van der Waals surface area (Å²) in [5, 5.41) is 20.2. The number of nitrogen functional groups attached to an aromatic ring is 2. The van der Waals surface area contributed by atoms with Crippen LogP contribution in [0.4, 0.5) is 62.0 Å². The highest BCUT2D eigenvalue weighted by atomic mass is 32.3. The van der Waals surface area contributed by atoms with Crippen molar-refractivity contribution < 1.29 is 81.5 Å². The summed E-state index contributed by atoms with van der Waals surface area (Å²) in [4.78, 5) is 11.9. The zero-order chi connectivity index (χ0) is 49.8. The summed E-state index contributed by atoms with van der Waals surface area (Å²) in [5.74, 6) is -3.69. The standard InChI is InChI=1S/C30H29FN12O18S6/c31-28-37-29(34-16-1-4-18(5-2-16)62(44,45)11-9-60-66(54,55)56)39-30(38-28)35-17-3-8-24(64(48,49)50)21(13-17)41-43-23-15-22(26(32)36-27(23)33)42-40-20-7-6-19(14-25(20)65(51,52)53)63(46,47)12-10-61-67(57,58)59/h1-8,13-15H,9-12H2,(H4,32,33,36)(H,48,49,50)(H,51,52,53)(H,54,55,56)(H,57,58,59)(H2,34,35,37,38,39)/b42-40+,43-41+. The van der Waals surface area contributed by atoms with Crippen molar-refractivity contribution in [3.63, 3.8) is 0 Å². The van der Waals surface area contributed by atoms with E-state index >= 15 is 0 Å². The molecule has 0 atom stereocenters. The van der Waals surface area contributed by atoms with Crippen LogP contribution in [0.2, 0.25) is 0 Å². The maximum atomic E-state index is 14.5. The zero-order valence-corrected chi connectivity index (χ0v) is 37.6. The molecule has 0 unspecified atom stereocenters. The predicted octanol–water partition coefficient (Wildman–Crippen LogP) is 2.57. The van der Waals surface area contributed by atoms with Crippen LogP contribution in [-0.4, -0.2) is 113 Å². The second-order valence-electron chi connectivity index (χ2n) is 12.6. The molecule has 360 valence electrons. The summed E-state index contributed by atoms with van der Waals surface area (Å²) in [5.41, 5.74) is 9.78. The monoisotopic (exact) mass is 1060 g/mol. The van der Waals surface area contributed by atoms with Crippen LogP contribution in [0.3, 0.4) is 0 Å². The van der Waals surface area contributed by atoms with Crippen LogP contribution >= 0.6 is 0 Å². The Balaban J connectivity index is 1.39. The molecule has 2 aromatic heterocycles. The van der Waals surface area contributed by atoms with Gasteiger partial charge in [0.25, 0.3) is 20.2 Å². The second kappa shape index (κ2) is 19.8. The minimum Gasteiger partial charge on any atom is -0.382 e. The largest absolute Gasteiger partial charge is 0.397 e. The van der Waals surface area contributed by atoms with Crippen molar-refractivity contribution in [2.75, 3.05) is 46.8 Å². The number of aromatic nitrogens is 4. The van der Waals surface area contributed by atoms with Crippen molar-refractivity contribution in [2.45, 2.75) is 19.6 Å². The van der Waals surface area contributed by atoms with Gasteiger partial charge in [-0.3, -0.25) is 18.2 Å². The van der Waals surface area contributed by atoms with Gasteiger partial charge in [0.15, 0.2) is 31.3 Å². The molecule has 3 aromatic carbocycles. The lowest BCUT2D eigenvalue weighted by Gasteiger charge is -2.10. The SMILES string of the molecule is Nc1nc(N)c(/N=N/c2ccc(S(=O)(=O)CCOS(=O)(=O)O)cc2S(=O)(=O)O)cc1/N=N/c1cc(Nc2nc(F)nc(Nc3ccc(S(=O)(=O)CCOS(=O)(=O)O)cc3)n2)ccc1S(=O)(=O)O. The van der Waals surface area contributed by atoms with E-state index in [2.05, 4.69) is 59.4 Å². The van der Waals surface area contributed by atoms with E-state index in [1.165, 1.54) is 12.1 Å². The number of nitrogens with zero attached hydrogens (tertiary/aromatic N) is 8. The first-order chi connectivity index (χ1) is 30.9. The van der Waals surface area contributed by atoms with Crippen molar-refractivity contribution in [3.05, 3.63) is 72.8 Å². The molecule has 0 saturated carbocycles. The number of benzene rings is 3. The maximum Gasteiger partial charge on any atom is 0.397 e. The molecule has 10 N–H and O–H groups in total. The zero-order valence-electron chi connectivity index (χ0n) is 32.7. The minimum absolute atomic E-state index is 0.0942. The average Bonchev–Trinajstić information content (AvgIpc) is 3.18. The lowest BCUT2D eigenvalue weighted by Crippen LogP contribution is -2.16. The fourth-order valence-corrected chi connectivity index (χ4v) is 9.29. The first-order valence-electron chi connectivity index (χ1n) is 17.3.